The number of amides is 1. The second-order valence-electron chi connectivity index (χ2n) is 6.31. The molecule has 1 aromatic heterocycles. The SMILES string of the molecule is CCc1oc(C(=O)Nc2cc(Cl)ccc2OCC2CCC2)cc1C(=O)O. The number of aromatic carboxylic acids is 1. The van der Waals surface area contributed by atoms with Gasteiger partial charge in [0.25, 0.3) is 5.91 Å². The maximum atomic E-state index is 12.5. The largest absolute Gasteiger partial charge is 0.491 e. The molecule has 0 aliphatic heterocycles. The molecule has 0 spiro atoms. The molecule has 3 rings (SSSR count). The van der Waals surface area contributed by atoms with Crippen LogP contribution in [0.4, 0.5) is 5.69 Å². The summed E-state index contributed by atoms with van der Waals surface area (Å²) in [6, 6.07) is 6.23. The van der Waals surface area contributed by atoms with E-state index < -0.39 is 11.9 Å². The molecular formula is C19H20ClNO5. The fourth-order valence-electron chi connectivity index (χ4n) is 2.76. The second-order valence-corrected chi connectivity index (χ2v) is 6.75. The molecule has 7 heteroatoms. The van der Waals surface area contributed by atoms with Crippen LogP contribution < -0.4 is 10.1 Å². The lowest BCUT2D eigenvalue weighted by atomic mass is 9.86. The van der Waals surface area contributed by atoms with E-state index in [-0.39, 0.29) is 17.1 Å². The molecule has 6 nitrogen and oxygen atoms in total. The topological polar surface area (TPSA) is 88.8 Å². The normalized spacial score (nSPS) is 13.9. The fraction of sp³-hybridized carbons (Fsp3) is 0.368. The van der Waals surface area contributed by atoms with Gasteiger partial charge in [0.2, 0.25) is 0 Å². The van der Waals surface area contributed by atoms with E-state index in [2.05, 4.69) is 5.32 Å². The maximum Gasteiger partial charge on any atom is 0.339 e. The standard InChI is InChI=1S/C19H20ClNO5/c1-2-15-13(19(23)24)9-17(26-15)18(22)21-14-8-12(20)6-7-16(14)25-10-11-4-3-5-11/h6-9,11H,2-5,10H2,1H3,(H,21,22)(H,23,24). The third-order valence-electron chi connectivity index (χ3n) is 4.47. The van der Waals surface area contributed by atoms with Crippen molar-refractivity contribution in [2.75, 3.05) is 11.9 Å². The van der Waals surface area contributed by atoms with Crippen molar-refractivity contribution in [3.8, 4) is 5.75 Å². The lowest BCUT2D eigenvalue weighted by molar-refractivity contribution is 0.0694. The number of carbonyl (C=O) groups excluding carboxylic acids is 1. The third-order valence-corrected chi connectivity index (χ3v) is 4.71. The van der Waals surface area contributed by atoms with Gasteiger partial charge in [-0.25, -0.2) is 4.79 Å². The summed E-state index contributed by atoms with van der Waals surface area (Å²) in [6.07, 6.45) is 3.91. The van der Waals surface area contributed by atoms with E-state index in [9.17, 15) is 14.7 Å². The summed E-state index contributed by atoms with van der Waals surface area (Å²) >= 11 is 6.03. The number of rotatable bonds is 7. The molecule has 0 bridgehead atoms. The zero-order valence-corrected chi connectivity index (χ0v) is 15.1. The lowest BCUT2D eigenvalue weighted by Crippen LogP contribution is -2.20. The number of aryl methyl sites for hydroxylation is 1. The molecule has 1 aliphatic carbocycles. The first-order chi connectivity index (χ1) is 12.5. The maximum absolute atomic E-state index is 12.5. The molecule has 1 amide bonds. The van der Waals surface area contributed by atoms with Crippen molar-refractivity contribution in [1.29, 1.82) is 0 Å². The van der Waals surface area contributed by atoms with Gasteiger partial charge < -0.3 is 19.6 Å². The van der Waals surface area contributed by atoms with Crippen LogP contribution in [-0.4, -0.2) is 23.6 Å². The Labute approximate surface area is 156 Å². The van der Waals surface area contributed by atoms with E-state index in [0.29, 0.717) is 35.4 Å². The van der Waals surface area contributed by atoms with Gasteiger partial charge in [-0.1, -0.05) is 24.9 Å². The van der Waals surface area contributed by atoms with Gasteiger partial charge in [0.05, 0.1) is 12.3 Å². The zero-order valence-electron chi connectivity index (χ0n) is 14.4. The second kappa shape index (κ2) is 7.83. The molecule has 1 aliphatic rings. The van der Waals surface area contributed by atoms with Gasteiger partial charge in [0.1, 0.15) is 17.1 Å². The van der Waals surface area contributed by atoms with Gasteiger partial charge in [0.15, 0.2) is 5.76 Å². The molecular weight excluding hydrogens is 358 g/mol. The molecule has 2 aromatic rings. The Hall–Kier alpha value is -2.47. The third kappa shape index (κ3) is 4.02. The number of furan rings is 1. The highest BCUT2D eigenvalue weighted by Crippen LogP contribution is 2.32. The van der Waals surface area contributed by atoms with Crippen LogP contribution in [0.5, 0.6) is 5.75 Å². The molecule has 1 aromatic carbocycles. The van der Waals surface area contributed by atoms with Crippen LogP contribution in [0.3, 0.4) is 0 Å². The molecule has 1 fully saturated rings. The van der Waals surface area contributed by atoms with Crippen LogP contribution in [0.15, 0.2) is 28.7 Å². The first kappa shape index (κ1) is 18.3. The van der Waals surface area contributed by atoms with Crippen LogP contribution in [0.2, 0.25) is 5.02 Å². The van der Waals surface area contributed by atoms with Crippen molar-refractivity contribution in [3.05, 3.63) is 46.4 Å². The summed E-state index contributed by atoms with van der Waals surface area (Å²) in [7, 11) is 0. The van der Waals surface area contributed by atoms with Crippen molar-refractivity contribution in [1.82, 2.24) is 0 Å². The van der Waals surface area contributed by atoms with Gasteiger partial charge in [-0.05, 0) is 37.0 Å². The summed E-state index contributed by atoms with van der Waals surface area (Å²) in [5, 5.41) is 12.3. The van der Waals surface area contributed by atoms with Crippen LogP contribution in [0.25, 0.3) is 0 Å². The van der Waals surface area contributed by atoms with Crippen LogP contribution >= 0.6 is 11.6 Å². The number of benzene rings is 1. The number of hydrogen-bond donors (Lipinski definition) is 2. The summed E-state index contributed by atoms with van der Waals surface area (Å²) < 4.78 is 11.2. The van der Waals surface area contributed by atoms with Gasteiger partial charge in [-0.2, -0.15) is 0 Å². The quantitative estimate of drug-likeness (QED) is 0.734. The summed E-state index contributed by atoms with van der Waals surface area (Å²) in [6.45, 7) is 2.35. The Morgan fingerprint density at radius 3 is 2.69 bits per heavy atom. The molecule has 0 unspecified atom stereocenters. The Kier molecular flexibility index (Phi) is 5.52. The summed E-state index contributed by atoms with van der Waals surface area (Å²) in [5.41, 5.74) is 0.415. The predicted octanol–water partition coefficient (Wildman–Crippen LogP) is 4.62. The zero-order chi connectivity index (χ0) is 18.7. The number of ether oxygens (including phenoxy) is 1. The minimum absolute atomic E-state index is 0.00907. The Bertz CT molecular complexity index is 825. The molecule has 0 atom stereocenters. The van der Waals surface area contributed by atoms with E-state index in [4.69, 9.17) is 20.8 Å². The monoisotopic (exact) mass is 377 g/mol. The number of anilines is 1. The molecule has 1 saturated carbocycles. The van der Waals surface area contributed by atoms with E-state index >= 15 is 0 Å². The average molecular weight is 378 g/mol. The number of hydrogen-bond acceptors (Lipinski definition) is 4. The van der Waals surface area contributed by atoms with Crippen LogP contribution in [0.1, 0.15) is 52.9 Å². The van der Waals surface area contributed by atoms with Gasteiger partial charge >= 0.3 is 5.97 Å². The molecule has 0 saturated heterocycles. The number of carbonyl (C=O) groups is 2. The summed E-state index contributed by atoms with van der Waals surface area (Å²) in [5.74, 6) is -0.417. The number of carboxylic acids is 1. The van der Waals surface area contributed by atoms with E-state index in [0.717, 1.165) is 12.8 Å². The molecule has 1 heterocycles. The lowest BCUT2D eigenvalue weighted by Gasteiger charge is -2.25. The number of nitrogens with one attached hydrogen (secondary N) is 1. The molecule has 2 N–H and O–H groups in total. The van der Waals surface area contributed by atoms with Gasteiger partial charge in [-0.3, -0.25) is 4.79 Å². The molecule has 26 heavy (non-hydrogen) atoms. The number of carboxylic acid groups (broad SMARTS) is 1. The first-order valence-corrected chi connectivity index (χ1v) is 8.95. The summed E-state index contributed by atoms with van der Waals surface area (Å²) in [4.78, 5) is 23.7. The fourth-order valence-corrected chi connectivity index (χ4v) is 2.93. The van der Waals surface area contributed by atoms with Crippen molar-refractivity contribution in [2.24, 2.45) is 5.92 Å². The van der Waals surface area contributed by atoms with Crippen molar-refractivity contribution >= 4 is 29.2 Å². The van der Waals surface area contributed by atoms with E-state index in [1.165, 1.54) is 12.5 Å². The van der Waals surface area contributed by atoms with Gasteiger partial charge in [-0.15, -0.1) is 0 Å². The first-order valence-electron chi connectivity index (χ1n) is 8.57. The van der Waals surface area contributed by atoms with E-state index in [1.807, 2.05) is 0 Å². The molecule has 0 radical (unpaired) electrons. The Morgan fingerprint density at radius 1 is 1.35 bits per heavy atom. The van der Waals surface area contributed by atoms with Gasteiger partial charge in [0, 0.05) is 17.5 Å². The van der Waals surface area contributed by atoms with Crippen LogP contribution in [-0.2, 0) is 6.42 Å². The highest BCUT2D eigenvalue weighted by atomic mass is 35.5. The molecule has 138 valence electrons. The number of halogens is 1. The van der Waals surface area contributed by atoms with Crippen LogP contribution in [0, 0.1) is 5.92 Å². The predicted molar refractivity (Wildman–Crippen MR) is 97.3 cm³/mol. The highest BCUT2D eigenvalue weighted by Gasteiger charge is 2.22. The van der Waals surface area contributed by atoms with E-state index in [1.54, 1.807) is 25.1 Å². The highest BCUT2D eigenvalue weighted by molar-refractivity contribution is 6.31. The van der Waals surface area contributed by atoms with Crippen molar-refractivity contribution in [2.45, 2.75) is 32.6 Å². The smallest absolute Gasteiger partial charge is 0.339 e. The van der Waals surface area contributed by atoms with Crippen molar-refractivity contribution in [3.63, 3.8) is 0 Å². The Morgan fingerprint density at radius 2 is 2.12 bits per heavy atom. The minimum Gasteiger partial charge on any atom is -0.491 e. The Balaban J connectivity index is 1.77. The minimum atomic E-state index is -1.13. The van der Waals surface area contributed by atoms with Crippen molar-refractivity contribution < 1.29 is 23.8 Å². The average Bonchev–Trinajstić information content (AvgIpc) is 3.00.